The number of furan rings is 1. The normalized spacial score (nSPS) is 11.7. The average molecular weight is 413 g/mol. The monoisotopic (exact) mass is 412 g/mol. The fourth-order valence-electron chi connectivity index (χ4n) is 2.84. The van der Waals surface area contributed by atoms with Gasteiger partial charge in [0.15, 0.2) is 10.9 Å². The molecule has 3 aromatic rings. The van der Waals surface area contributed by atoms with Gasteiger partial charge in [-0.1, -0.05) is 55.8 Å². The quantitative estimate of drug-likeness (QED) is 0.487. The third-order valence-corrected chi connectivity index (χ3v) is 4.96. The van der Waals surface area contributed by atoms with E-state index in [9.17, 15) is 4.79 Å². The summed E-state index contributed by atoms with van der Waals surface area (Å²) in [5, 5.41) is 6.61. The van der Waals surface area contributed by atoms with E-state index in [-0.39, 0.29) is 10.9 Å². The Morgan fingerprint density at radius 1 is 1.14 bits per heavy atom. The molecule has 1 aromatic heterocycles. The topological polar surface area (TPSA) is 54.3 Å². The van der Waals surface area contributed by atoms with Gasteiger partial charge in [0.05, 0.1) is 0 Å². The van der Waals surface area contributed by atoms with Gasteiger partial charge in [0.2, 0.25) is 0 Å². The van der Waals surface area contributed by atoms with Crippen LogP contribution in [-0.2, 0) is 0 Å². The fraction of sp³-hybridized carbons (Fsp3) is 0.182. The summed E-state index contributed by atoms with van der Waals surface area (Å²) in [5.74, 6) is 0.710. The molecule has 0 radical (unpaired) electrons. The van der Waals surface area contributed by atoms with Crippen molar-refractivity contribution in [2.75, 3.05) is 5.32 Å². The molecule has 28 heavy (non-hydrogen) atoms. The summed E-state index contributed by atoms with van der Waals surface area (Å²) >= 11 is 11.3. The lowest BCUT2D eigenvalue weighted by molar-refractivity contribution is 0.0951. The highest BCUT2D eigenvalue weighted by Crippen LogP contribution is 2.27. The Hall–Kier alpha value is -2.63. The van der Waals surface area contributed by atoms with E-state index in [2.05, 4.69) is 30.5 Å². The van der Waals surface area contributed by atoms with E-state index in [1.54, 1.807) is 24.3 Å². The van der Waals surface area contributed by atoms with Crippen LogP contribution < -0.4 is 10.6 Å². The molecule has 0 bridgehead atoms. The number of hydrogen-bond acceptors (Lipinski definition) is 3. The average Bonchev–Trinajstić information content (AvgIpc) is 3.18. The van der Waals surface area contributed by atoms with Crippen LogP contribution in [0.5, 0.6) is 0 Å². The van der Waals surface area contributed by atoms with Crippen molar-refractivity contribution in [1.82, 2.24) is 5.32 Å². The van der Waals surface area contributed by atoms with Gasteiger partial charge in [-0.05, 0) is 60.5 Å². The minimum atomic E-state index is -0.410. The molecule has 1 atom stereocenters. The molecule has 0 saturated heterocycles. The van der Waals surface area contributed by atoms with E-state index < -0.39 is 5.91 Å². The Morgan fingerprint density at radius 2 is 1.93 bits per heavy atom. The first-order chi connectivity index (χ1) is 13.5. The number of anilines is 1. The van der Waals surface area contributed by atoms with Crippen molar-refractivity contribution in [2.45, 2.75) is 26.2 Å². The summed E-state index contributed by atoms with van der Waals surface area (Å²) in [5.41, 5.74) is 2.85. The van der Waals surface area contributed by atoms with Crippen molar-refractivity contribution in [1.29, 1.82) is 0 Å². The second-order valence-corrected chi connectivity index (χ2v) is 7.32. The van der Waals surface area contributed by atoms with Crippen LogP contribution in [0.3, 0.4) is 0 Å². The Bertz CT molecular complexity index is 999. The maximum absolute atomic E-state index is 12.5. The molecule has 0 fully saturated rings. The summed E-state index contributed by atoms with van der Waals surface area (Å²) in [4.78, 5) is 12.5. The Balaban J connectivity index is 1.68. The zero-order valence-corrected chi connectivity index (χ0v) is 17.2. The molecule has 0 aliphatic heterocycles. The van der Waals surface area contributed by atoms with E-state index in [0.29, 0.717) is 16.7 Å². The van der Waals surface area contributed by atoms with Gasteiger partial charge in [-0.15, -0.1) is 0 Å². The molecule has 0 aliphatic rings. The molecule has 0 saturated carbocycles. The van der Waals surface area contributed by atoms with Crippen molar-refractivity contribution in [3.63, 3.8) is 0 Å². The SMILES string of the molecule is CC[C@H](C)c1ccccc1NC(=S)NC(=O)c1ccc(-c2cccc(Cl)c2)o1. The van der Waals surface area contributed by atoms with Crippen molar-refractivity contribution < 1.29 is 9.21 Å². The molecule has 1 amide bonds. The molecule has 2 aromatic carbocycles. The van der Waals surface area contributed by atoms with Crippen LogP contribution in [0.4, 0.5) is 5.69 Å². The third kappa shape index (κ3) is 4.80. The van der Waals surface area contributed by atoms with Crippen LogP contribution in [0.25, 0.3) is 11.3 Å². The summed E-state index contributed by atoms with van der Waals surface area (Å²) in [7, 11) is 0. The third-order valence-electron chi connectivity index (χ3n) is 4.52. The Labute approximate surface area is 174 Å². The fourth-order valence-corrected chi connectivity index (χ4v) is 3.23. The van der Waals surface area contributed by atoms with Crippen molar-refractivity contribution in [3.05, 3.63) is 77.0 Å². The number of halogens is 1. The maximum atomic E-state index is 12.5. The lowest BCUT2D eigenvalue weighted by atomic mass is 9.97. The second-order valence-electron chi connectivity index (χ2n) is 6.48. The van der Waals surface area contributed by atoms with Crippen LogP contribution in [-0.4, -0.2) is 11.0 Å². The lowest BCUT2D eigenvalue weighted by Crippen LogP contribution is -2.34. The van der Waals surface area contributed by atoms with Gasteiger partial charge in [-0.25, -0.2) is 0 Å². The zero-order valence-electron chi connectivity index (χ0n) is 15.7. The highest BCUT2D eigenvalue weighted by atomic mass is 35.5. The molecule has 4 nitrogen and oxygen atoms in total. The predicted octanol–water partition coefficient (Wildman–Crippen LogP) is 6.24. The van der Waals surface area contributed by atoms with Gasteiger partial charge in [-0.3, -0.25) is 10.1 Å². The number of para-hydroxylation sites is 1. The van der Waals surface area contributed by atoms with E-state index in [0.717, 1.165) is 23.2 Å². The molecule has 2 N–H and O–H groups in total. The second kappa shape index (κ2) is 9.04. The summed E-state index contributed by atoms with van der Waals surface area (Å²) in [6.07, 6.45) is 1.01. The van der Waals surface area contributed by atoms with Crippen LogP contribution in [0, 0.1) is 0 Å². The number of benzene rings is 2. The summed E-state index contributed by atoms with van der Waals surface area (Å²) < 4.78 is 5.66. The van der Waals surface area contributed by atoms with E-state index in [1.165, 1.54) is 0 Å². The molecule has 0 unspecified atom stereocenters. The van der Waals surface area contributed by atoms with Gasteiger partial charge in [-0.2, -0.15) is 0 Å². The van der Waals surface area contributed by atoms with Crippen molar-refractivity contribution in [3.8, 4) is 11.3 Å². The maximum Gasteiger partial charge on any atom is 0.293 e. The predicted molar refractivity (Wildman–Crippen MR) is 118 cm³/mol. The van der Waals surface area contributed by atoms with Crippen LogP contribution >= 0.6 is 23.8 Å². The largest absolute Gasteiger partial charge is 0.451 e. The van der Waals surface area contributed by atoms with Gasteiger partial charge in [0, 0.05) is 16.3 Å². The summed E-state index contributed by atoms with van der Waals surface area (Å²) in [6.45, 7) is 4.29. The number of rotatable bonds is 5. The van der Waals surface area contributed by atoms with Gasteiger partial charge >= 0.3 is 0 Å². The van der Waals surface area contributed by atoms with Gasteiger partial charge in [0.25, 0.3) is 5.91 Å². The highest BCUT2D eigenvalue weighted by molar-refractivity contribution is 7.80. The first-order valence-electron chi connectivity index (χ1n) is 9.05. The van der Waals surface area contributed by atoms with E-state index >= 15 is 0 Å². The lowest BCUT2D eigenvalue weighted by Gasteiger charge is -2.16. The van der Waals surface area contributed by atoms with Gasteiger partial charge < -0.3 is 9.73 Å². The molecular formula is C22H21ClN2O2S. The molecular weight excluding hydrogens is 392 g/mol. The van der Waals surface area contributed by atoms with E-state index in [4.69, 9.17) is 28.2 Å². The van der Waals surface area contributed by atoms with Crippen molar-refractivity contribution in [2.24, 2.45) is 0 Å². The number of carbonyl (C=O) groups excluding carboxylic acids is 1. The molecule has 1 heterocycles. The molecule has 3 rings (SSSR count). The smallest absolute Gasteiger partial charge is 0.293 e. The van der Waals surface area contributed by atoms with Crippen LogP contribution in [0.2, 0.25) is 5.02 Å². The molecule has 144 valence electrons. The Kier molecular flexibility index (Phi) is 6.49. The minimum absolute atomic E-state index is 0.175. The zero-order chi connectivity index (χ0) is 20.1. The standard InChI is InChI=1S/C22H21ClN2O2S/c1-3-14(2)17-9-4-5-10-18(17)24-22(28)25-21(26)20-12-11-19(27-20)15-7-6-8-16(23)13-15/h4-14H,3H2,1-2H3,(H2,24,25,26,28)/t14-/m0/s1. The number of nitrogens with one attached hydrogen (secondary N) is 2. The minimum Gasteiger partial charge on any atom is -0.451 e. The number of carbonyl (C=O) groups is 1. The van der Waals surface area contributed by atoms with Crippen molar-refractivity contribution >= 4 is 40.5 Å². The van der Waals surface area contributed by atoms with Gasteiger partial charge in [0.1, 0.15) is 5.76 Å². The molecule has 0 aliphatic carbocycles. The molecule has 0 spiro atoms. The van der Waals surface area contributed by atoms with E-state index in [1.807, 2.05) is 30.3 Å². The van der Waals surface area contributed by atoms with Crippen LogP contribution in [0.1, 0.15) is 42.3 Å². The van der Waals surface area contributed by atoms with Crippen LogP contribution in [0.15, 0.2) is 65.1 Å². The first-order valence-corrected chi connectivity index (χ1v) is 9.83. The molecule has 6 heteroatoms. The Morgan fingerprint density at radius 3 is 2.68 bits per heavy atom. The summed E-state index contributed by atoms with van der Waals surface area (Å²) in [6, 6.07) is 18.5. The number of thiocarbonyl (C=S) groups is 1. The number of amides is 1. The number of hydrogen-bond donors (Lipinski definition) is 2. The highest BCUT2D eigenvalue weighted by Gasteiger charge is 2.15. The first kappa shape index (κ1) is 20.1.